The van der Waals surface area contributed by atoms with Gasteiger partial charge in [-0.25, -0.2) is 4.79 Å². The van der Waals surface area contributed by atoms with Crippen LogP contribution in [-0.4, -0.2) is 40.3 Å². The van der Waals surface area contributed by atoms with Gasteiger partial charge in [-0.05, 0) is 33.8 Å². The predicted octanol–water partition coefficient (Wildman–Crippen LogP) is 3.89. The molecule has 27 heavy (non-hydrogen) atoms. The fourth-order valence-electron chi connectivity index (χ4n) is 3.57. The van der Waals surface area contributed by atoms with E-state index in [1.807, 2.05) is 39.8 Å². The number of rotatable bonds is 4. The summed E-state index contributed by atoms with van der Waals surface area (Å²) in [6.07, 6.45) is 0.803. The Bertz CT molecular complexity index is 848. The second-order valence-corrected chi connectivity index (χ2v) is 7.80. The molecule has 1 aliphatic rings. The minimum Gasteiger partial charge on any atom is -0.466 e. The van der Waals surface area contributed by atoms with Gasteiger partial charge in [0.25, 0.3) is 0 Å². The van der Waals surface area contributed by atoms with Gasteiger partial charge < -0.3 is 18.9 Å². The zero-order valence-electron chi connectivity index (χ0n) is 16.6. The number of benzene rings is 1. The molecule has 1 aromatic carbocycles. The van der Waals surface area contributed by atoms with Crippen molar-refractivity contribution in [1.29, 1.82) is 0 Å². The molecular formula is C21H28N2O4. The average Bonchev–Trinajstić information content (AvgIpc) is 2.92. The first kappa shape index (κ1) is 19.3. The lowest BCUT2D eigenvalue weighted by Crippen LogP contribution is -2.40. The molecule has 0 unspecified atom stereocenters. The highest BCUT2D eigenvalue weighted by molar-refractivity contribution is 5.86. The number of fused-ring (bicyclic) bond motifs is 3. The molecule has 6 nitrogen and oxygen atoms in total. The summed E-state index contributed by atoms with van der Waals surface area (Å²) >= 11 is 0. The van der Waals surface area contributed by atoms with Crippen LogP contribution in [0.3, 0.4) is 0 Å². The molecule has 0 radical (unpaired) electrons. The van der Waals surface area contributed by atoms with Crippen molar-refractivity contribution in [2.24, 2.45) is 0 Å². The van der Waals surface area contributed by atoms with E-state index in [9.17, 15) is 9.59 Å². The van der Waals surface area contributed by atoms with Crippen LogP contribution in [0.15, 0.2) is 24.3 Å². The molecule has 0 spiro atoms. The van der Waals surface area contributed by atoms with Crippen molar-refractivity contribution >= 4 is 23.0 Å². The van der Waals surface area contributed by atoms with E-state index in [2.05, 4.69) is 16.7 Å². The summed E-state index contributed by atoms with van der Waals surface area (Å²) in [5, 5.41) is 1.13. The summed E-state index contributed by atoms with van der Waals surface area (Å²) in [5.41, 5.74) is 2.93. The van der Waals surface area contributed by atoms with E-state index in [4.69, 9.17) is 9.47 Å². The van der Waals surface area contributed by atoms with Gasteiger partial charge in [0.15, 0.2) is 0 Å². The Morgan fingerprint density at radius 1 is 1.19 bits per heavy atom. The van der Waals surface area contributed by atoms with Gasteiger partial charge >= 0.3 is 12.1 Å². The Labute approximate surface area is 160 Å². The van der Waals surface area contributed by atoms with Crippen LogP contribution in [0.5, 0.6) is 0 Å². The lowest BCUT2D eigenvalue weighted by molar-refractivity contribution is -0.143. The van der Waals surface area contributed by atoms with Crippen molar-refractivity contribution in [2.75, 3.05) is 13.2 Å². The van der Waals surface area contributed by atoms with Crippen LogP contribution in [-0.2, 0) is 33.8 Å². The predicted molar refractivity (Wildman–Crippen MR) is 104 cm³/mol. The fraction of sp³-hybridized carbons (Fsp3) is 0.524. The maximum atomic E-state index is 12.5. The summed E-state index contributed by atoms with van der Waals surface area (Å²) in [5.74, 6) is -0.185. The first-order valence-corrected chi connectivity index (χ1v) is 9.52. The number of hydrogen-bond donors (Lipinski definition) is 0. The van der Waals surface area contributed by atoms with Crippen LogP contribution in [0.2, 0.25) is 0 Å². The number of nitrogens with zero attached hydrogens (tertiary/aromatic N) is 2. The topological polar surface area (TPSA) is 60.8 Å². The Hall–Kier alpha value is -2.50. The monoisotopic (exact) mass is 372 g/mol. The van der Waals surface area contributed by atoms with Crippen molar-refractivity contribution in [3.8, 4) is 0 Å². The van der Waals surface area contributed by atoms with E-state index in [1.165, 1.54) is 5.69 Å². The van der Waals surface area contributed by atoms with Crippen LogP contribution in [0.4, 0.5) is 4.79 Å². The number of aromatic nitrogens is 1. The largest absolute Gasteiger partial charge is 0.466 e. The third-order valence-electron chi connectivity index (χ3n) is 4.66. The quantitative estimate of drug-likeness (QED) is 0.764. The van der Waals surface area contributed by atoms with Crippen LogP contribution in [0.1, 0.15) is 45.4 Å². The Morgan fingerprint density at radius 3 is 2.63 bits per heavy atom. The van der Waals surface area contributed by atoms with E-state index in [1.54, 1.807) is 4.90 Å². The molecule has 2 heterocycles. The number of esters is 1. The van der Waals surface area contributed by atoms with Gasteiger partial charge in [0.05, 0.1) is 19.6 Å². The Balaban J connectivity index is 1.87. The zero-order chi connectivity index (χ0) is 19.6. The first-order valence-electron chi connectivity index (χ1n) is 9.52. The summed E-state index contributed by atoms with van der Waals surface area (Å²) < 4.78 is 12.8. The van der Waals surface area contributed by atoms with E-state index >= 15 is 0 Å². The molecule has 1 aliphatic heterocycles. The number of hydrogen-bond acceptors (Lipinski definition) is 4. The highest BCUT2D eigenvalue weighted by Crippen LogP contribution is 2.31. The van der Waals surface area contributed by atoms with Gasteiger partial charge in [0.2, 0.25) is 0 Å². The number of aryl methyl sites for hydroxylation is 1. The molecule has 6 heteroatoms. The van der Waals surface area contributed by atoms with Crippen LogP contribution >= 0.6 is 0 Å². The van der Waals surface area contributed by atoms with Gasteiger partial charge in [-0.3, -0.25) is 4.79 Å². The lowest BCUT2D eigenvalue weighted by Gasteiger charge is -2.30. The molecule has 0 saturated carbocycles. The molecule has 0 fully saturated rings. The molecule has 1 aromatic heterocycles. The highest BCUT2D eigenvalue weighted by atomic mass is 16.6. The molecule has 0 bridgehead atoms. The summed E-state index contributed by atoms with van der Waals surface area (Å²) in [6, 6.07) is 8.15. The smallest absolute Gasteiger partial charge is 0.410 e. The minimum atomic E-state index is -0.509. The van der Waals surface area contributed by atoms with Crippen molar-refractivity contribution in [1.82, 2.24) is 9.47 Å². The molecule has 0 atom stereocenters. The van der Waals surface area contributed by atoms with E-state index in [0.29, 0.717) is 32.7 Å². The van der Waals surface area contributed by atoms with Gasteiger partial charge in [0.1, 0.15) is 5.60 Å². The zero-order valence-corrected chi connectivity index (χ0v) is 16.6. The number of amides is 1. The molecule has 3 rings (SSSR count). The van der Waals surface area contributed by atoms with Gasteiger partial charge in [-0.15, -0.1) is 0 Å². The SMILES string of the molecule is CCOC(=O)CCn1c2c(c3ccccc31)CN(C(=O)OC(C)(C)C)CC2. The van der Waals surface area contributed by atoms with Crippen molar-refractivity contribution in [3.63, 3.8) is 0 Å². The first-order chi connectivity index (χ1) is 12.8. The van der Waals surface area contributed by atoms with Crippen molar-refractivity contribution in [2.45, 2.75) is 59.2 Å². The molecule has 2 aromatic rings. The van der Waals surface area contributed by atoms with E-state index in [-0.39, 0.29) is 12.1 Å². The standard InChI is InChI=1S/C21H28N2O4/c1-5-26-19(24)11-13-23-17-9-7-6-8-15(17)16-14-22(12-10-18(16)23)20(25)27-21(2,3)4/h6-9H,5,10-14H2,1-4H3. The van der Waals surface area contributed by atoms with E-state index < -0.39 is 5.60 Å². The minimum absolute atomic E-state index is 0.185. The second-order valence-electron chi connectivity index (χ2n) is 7.80. The summed E-state index contributed by atoms with van der Waals surface area (Å²) in [6.45, 7) is 9.56. The normalized spacial score (nSPS) is 14.1. The molecule has 0 N–H and O–H groups in total. The lowest BCUT2D eigenvalue weighted by atomic mass is 10.0. The van der Waals surface area contributed by atoms with Gasteiger partial charge in [0, 0.05) is 41.7 Å². The average molecular weight is 372 g/mol. The molecular weight excluding hydrogens is 344 g/mol. The summed E-state index contributed by atoms with van der Waals surface area (Å²) in [4.78, 5) is 26.1. The van der Waals surface area contributed by atoms with Gasteiger partial charge in [-0.1, -0.05) is 18.2 Å². The maximum absolute atomic E-state index is 12.5. The third kappa shape index (κ3) is 4.26. The van der Waals surface area contributed by atoms with Crippen LogP contribution in [0, 0.1) is 0 Å². The third-order valence-corrected chi connectivity index (χ3v) is 4.66. The van der Waals surface area contributed by atoms with Crippen molar-refractivity contribution in [3.05, 3.63) is 35.5 Å². The highest BCUT2D eigenvalue weighted by Gasteiger charge is 2.29. The van der Waals surface area contributed by atoms with Crippen LogP contribution in [0.25, 0.3) is 10.9 Å². The van der Waals surface area contributed by atoms with Gasteiger partial charge in [-0.2, -0.15) is 0 Å². The van der Waals surface area contributed by atoms with Crippen molar-refractivity contribution < 1.29 is 19.1 Å². The van der Waals surface area contributed by atoms with Crippen LogP contribution < -0.4 is 0 Å². The van der Waals surface area contributed by atoms with E-state index in [0.717, 1.165) is 22.9 Å². The Morgan fingerprint density at radius 2 is 1.93 bits per heavy atom. The number of ether oxygens (including phenoxy) is 2. The molecule has 146 valence electrons. The number of carbonyl (C=O) groups excluding carboxylic acids is 2. The molecule has 0 aliphatic carbocycles. The Kier molecular flexibility index (Phi) is 5.44. The maximum Gasteiger partial charge on any atom is 0.410 e. The fourth-order valence-corrected chi connectivity index (χ4v) is 3.57. The number of para-hydroxylation sites is 1. The summed E-state index contributed by atoms with van der Waals surface area (Å²) in [7, 11) is 0. The second kappa shape index (κ2) is 7.62. The molecule has 1 amide bonds. The number of carbonyl (C=O) groups is 2. The molecule has 0 saturated heterocycles.